The van der Waals surface area contributed by atoms with Gasteiger partial charge in [-0.25, -0.2) is 0 Å². The highest BCUT2D eigenvalue weighted by Crippen LogP contribution is 2.38. The highest BCUT2D eigenvalue weighted by atomic mass is 16.6. The van der Waals surface area contributed by atoms with Crippen LogP contribution in [0.25, 0.3) is 0 Å². The predicted octanol–water partition coefficient (Wildman–Crippen LogP) is 0.887. The first-order chi connectivity index (χ1) is 12.2. The van der Waals surface area contributed by atoms with Crippen molar-refractivity contribution in [3.8, 4) is 0 Å². The van der Waals surface area contributed by atoms with Crippen molar-refractivity contribution in [3.63, 3.8) is 0 Å². The second kappa shape index (κ2) is 6.73. The van der Waals surface area contributed by atoms with E-state index in [1.54, 1.807) is 0 Å². The van der Waals surface area contributed by atoms with Gasteiger partial charge in [0.15, 0.2) is 0 Å². The molecule has 5 aliphatic rings. The van der Waals surface area contributed by atoms with Gasteiger partial charge < -0.3 is 18.9 Å². The molecule has 0 aromatic carbocycles. The van der Waals surface area contributed by atoms with E-state index in [0.717, 1.165) is 52.6 Å². The molecule has 6 nitrogen and oxygen atoms in total. The van der Waals surface area contributed by atoms with E-state index in [4.69, 9.17) is 18.9 Å². The number of ether oxygens (including phenoxy) is 4. The fourth-order valence-corrected chi connectivity index (χ4v) is 4.63. The Morgan fingerprint density at radius 3 is 1.76 bits per heavy atom. The summed E-state index contributed by atoms with van der Waals surface area (Å²) in [5.74, 6) is 0. The maximum atomic E-state index is 5.55. The minimum Gasteiger partial charge on any atom is -0.372 e. The van der Waals surface area contributed by atoms with Gasteiger partial charge in [0, 0.05) is 37.8 Å². The number of hydrogen-bond acceptors (Lipinski definition) is 6. The first-order valence-corrected chi connectivity index (χ1v) is 10.1. The SMILES string of the molecule is CC1(N(CC2CO2)CC2CO2)CCCC(N(CC2CO2)CC2CO2)C1. The van der Waals surface area contributed by atoms with Crippen LogP contribution in [0.4, 0.5) is 0 Å². The van der Waals surface area contributed by atoms with Crippen molar-refractivity contribution in [3.05, 3.63) is 0 Å². The second-order valence-corrected chi connectivity index (χ2v) is 8.93. The number of hydrogen-bond donors (Lipinski definition) is 0. The van der Waals surface area contributed by atoms with E-state index in [-0.39, 0.29) is 5.54 Å². The predicted molar refractivity (Wildman–Crippen MR) is 92.8 cm³/mol. The first-order valence-electron chi connectivity index (χ1n) is 10.1. The Labute approximate surface area is 150 Å². The summed E-state index contributed by atoms with van der Waals surface area (Å²) in [4.78, 5) is 5.36. The maximum Gasteiger partial charge on any atom is 0.0936 e. The topological polar surface area (TPSA) is 56.6 Å². The molecule has 0 spiro atoms. The van der Waals surface area contributed by atoms with Crippen LogP contribution in [0.5, 0.6) is 0 Å². The van der Waals surface area contributed by atoms with Gasteiger partial charge in [0.05, 0.1) is 50.8 Å². The molecular weight excluding hydrogens is 320 g/mol. The first kappa shape index (κ1) is 16.9. The molecule has 1 aliphatic carbocycles. The normalized spacial score (nSPS) is 45.0. The Bertz CT molecular complexity index is 448. The van der Waals surface area contributed by atoms with Crippen LogP contribution in [0.3, 0.4) is 0 Å². The molecule has 1 saturated carbocycles. The molecule has 4 aliphatic heterocycles. The molecule has 0 amide bonds. The summed E-state index contributed by atoms with van der Waals surface area (Å²) < 4.78 is 22.1. The lowest BCUT2D eigenvalue weighted by Crippen LogP contribution is -2.56. The summed E-state index contributed by atoms with van der Waals surface area (Å²) >= 11 is 0. The molecule has 4 saturated heterocycles. The van der Waals surface area contributed by atoms with Crippen LogP contribution in [0.2, 0.25) is 0 Å². The quantitative estimate of drug-likeness (QED) is 0.544. The molecule has 25 heavy (non-hydrogen) atoms. The van der Waals surface area contributed by atoms with Gasteiger partial charge in [-0.2, -0.15) is 0 Å². The molecule has 0 aromatic rings. The standard InChI is InChI=1S/C19H32N2O4/c1-19(21(8-17-12-24-17)9-18-13-25-18)4-2-3-14(5-19)20(6-15-10-22-15)7-16-11-23-16/h14-18H,2-13H2,1H3. The van der Waals surface area contributed by atoms with E-state index in [9.17, 15) is 0 Å². The van der Waals surface area contributed by atoms with Gasteiger partial charge in [0.2, 0.25) is 0 Å². The Hall–Kier alpha value is -0.240. The lowest BCUT2D eigenvalue weighted by atomic mass is 9.78. The van der Waals surface area contributed by atoms with Gasteiger partial charge in [0.25, 0.3) is 0 Å². The molecule has 0 aromatic heterocycles. The van der Waals surface area contributed by atoms with E-state index < -0.39 is 0 Å². The Balaban J connectivity index is 1.26. The van der Waals surface area contributed by atoms with Crippen molar-refractivity contribution in [2.24, 2.45) is 0 Å². The minimum atomic E-state index is 0.258. The van der Waals surface area contributed by atoms with Crippen LogP contribution >= 0.6 is 0 Å². The van der Waals surface area contributed by atoms with Crippen molar-refractivity contribution in [2.45, 2.75) is 68.6 Å². The van der Waals surface area contributed by atoms with Crippen LogP contribution in [0.1, 0.15) is 32.6 Å². The van der Waals surface area contributed by atoms with Gasteiger partial charge in [-0.3, -0.25) is 9.80 Å². The summed E-state index contributed by atoms with van der Waals surface area (Å²) in [6, 6.07) is 0.648. The Morgan fingerprint density at radius 1 is 0.800 bits per heavy atom. The Kier molecular flexibility index (Phi) is 4.55. The number of epoxide rings is 4. The average molecular weight is 352 g/mol. The van der Waals surface area contributed by atoms with Gasteiger partial charge in [0.1, 0.15) is 0 Å². The molecule has 0 radical (unpaired) electrons. The summed E-state index contributed by atoms with van der Waals surface area (Å²) in [6.45, 7) is 10.5. The molecule has 6 atom stereocenters. The maximum absolute atomic E-state index is 5.55. The van der Waals surface area contributed by atoms with Crippen molar-refractivity contribution in [1.82, 2.24) is 9.80 Å². The van der Waals surface area contributed by atoms with Crippen molar-refractivity contribution < 1.29 is 18.9 Å². The molecule has 6 heteroatoms. The lowest BCUT2D eigenvalue weighted by Gasteiger charge is -2.49. The van der Waals surface area contributed by atoms with Crippen LogP contribution in [0, 0.1) is 0 Å². The van der Waals surface area contributed by atoms with Crippen molar-refractivity contribution in [2.75, 3.05) is 52.6 Å². The number of rotatable bonds is 10. The van der Waals surface area contributed by atoms with E-state index in [2.05, 4.69) is 16.7 Å². The van der Waals surface area contributed by atoms with E-state index in [1.807, 2.05) is 0 Å². The zero-order valence-electron chi connectivity index (χ0n) is 15.4. The van der Waals surface area contributed by atoms with Crippen molar-refractivity contribution in [1.29, 1.82) is 0 Å². The number of nitrogens with zero attached hydrogens (tertiary/aromatic N) is 2. The van der Waals surface area contributed by atoms with Crippen LogP contribution in [-0.4, -0.2) is 98.4 Å². The third-order valence-electron chi connectivity index (χ3n) is 6.54. The zero-order chi connectivity index (χ0) is 16.9. The molecule has 0 bridgehead atoms. The molecule has 5 rings (SSSR count). The van der Waals surface area contributed by atoms with Gasteiger partial charge in [-0.05, 0) is 26.2 Å². The Morgan fingerprint density at radius 2 is 1.28 bits per heavy atom. The van der Waals surface area contributed by atoms with E-state index >= 15 is 0 Å². The van der Waals surface area contributed by atoms with E-state index in [0.29, 0.717) is 30.5 Å². The zero-order valence-corrected chi connectivity index (χ0v) is 15.4. The van der Waals surface area contributed by atoms with E-state index in [1.165, 1.54) is 25.7 Å². The highest BCUT2D eigenvalue weighted by Gasteiger charge is 2.44. The van der Waals surface area contributed by atoms with Crippen LogP contribution < -0.4 is 0 Å². The molecule has 0 N–H and O–H groups in total. The second-order valence-electron chi connectivity index (χ2n) is 8.93. The smallest absolute Gasteiger partial charge is 0.0936 e. The molecule has 5 fully saturated rings. The van der Waals surface area contributed by atoms with Gasteiger partial charge in [-0.1, -0.05) is 6.42 Å². The fourth-order valence-electron chi connectivity index (χ4n) is 4.63. The van der Waals surface area contributed by atoms with Gasteiger partial charge >= 0.3 is 0 Å². The van der Waals surface area contributed by atoms with Crippen molar-refractivity contribution >= 4 is 0 Å². The molecular formula is C19H32N2O4. The highest BCUT2D eigenvalue weighted by molar-refractivity contribution is 4.99. The van der Waals surface area contributed by atoms with Crippen LogP contribution in [0.15, 0.2) is 0 Å². The largest absolute Gasteiger partial charge is 0.372 e. The average Bonchev–Trinajstić information content (AvgIpc) is 3.45. The summed E-state index contributed by atoms with van der Waals surface area (Å²) in [5, 5.41) is 0. The third kappa shape index (κ3) is 4.54. The molecule has 4 heterocycles. The van der Waals surface area contributed by atoms with Gasteiger partial charge in [-0.15, -0.1) is 0 Å². The minimum absolute atomic E-state index is 0.258. The summed E-state index contributed by atoms with van der Waals surface area (Å²) in [7, 11) is 0. The monoisotopic (exact) mass is 352 g/mol. The van der Waals surface area contributed by atoms with Crippen LogP contribution in [-0.2, 0) is 18.9 Å². The molecule has 142 valence electrons. The summed E-state index contributed by atoms with van der Waals surface area (Å²) in [6.07, 6.45) is 6.97. The molecule has 6 unspecified atom stereocenters. The third-order valence-corrected chi connectivity index (χ3v) is 6.54. The lowest BCUT2D eigenvalue weighted by molar-refractivity contribution is 0.00944. The summed E-state index contributed by atoms with van der Waals surface area (Å²) in [5.41, 5.74) is 0.258. The fraction of sp³-hybridized carbons (Fsp3) is 1.00.